The summed E-state index contributed by atoms with van der Waals surface area (Å²) < 4.78 is 252. The molecule has 0 amide bonds. The molecule has 0 fully saturated rings. The standard InChI is InChI=1S/C19H12ClF9N4O3.C11H6BrF9N4O/c1-32-14(12(36-16(21)22)13(31-32)17(23,18(24,25)26)19(27,28)29)33-7-9(6-30-33)8-3-4-11(20)10(5-8)15(34)35-2;1-24-7(25-3-4(12)2-22-25)5(26-8(13)14)6(23-24)9(15,10(16,17)18)11(19,20)21/h3-7,16H,1-2H3;2-3,8H,1H3. The molecular weight excluding hydrogens is 994 g/mol. The first-order chi connectivity index (χ1) is 28.2. The van der Waals surface area contributed by atoms with Gasteiger partial charge in [-0.2, -0.15) is 90.6 Å². The molecule has 342 valence electrons. The first kappa shape index (κ1) is 49.3. The molecule has 4 aromatic heterocycles. The number of alkyl halides is 18. The molecule has 0 N–H and O–H groups in total. The highest BCUT2D eigenvalue weighted by atomic mass is 79.9. The van der Waals surface area contributed by atoms with Gasteiger partial charge in [0, 0.05) is 32.1 Å². The lowest BCUT2D eigenvalue weighted by molar-refractivity contribution is -0.351. The normalized spacial score (nSPS) is 13.1. The van der Waals surface area contributed by atoms with Gasteiger partial charge in [0.05, 0.1) is 34.6 Å². The number of carbonyl (C=O) groups excluding carboxylic acids is 1. The van der Waals surface area contributed by atoms with E-state index in [1.165, 1.54) is 18.2 Å². The van der Waals surface area contributed by atoms with Crippen molar-refractivity contribution in [3.8, 4) is 34.3 Å². The Balaban J connectivity index is 0.000000287. The summed E-state index contributed by atoms with van der Waals surface area (Å²) in [6, 6.07) is 3.90. The number of ether oxygens (including phenoxy) is 3. The Kier molecular flexibility index (Phi) is 13.6. The van der Waals surface area contributed by atoms with Gasteiger partial charge in [0.15, 0.2) is 34.5 Å². The van der Waals surface area contributed by atoms with Gasteiger partial charge in [0.1, 0.15) is 0 Å². The minimum absolute atomic E-state index is 0.000440. The maximum atomic E-state index is 14.7. The van der Waals surface area contributed by atoms with Crippen molar-refractivity contribution in [2.45, 2.75) is 49.3 Å². The summed E-state index contributed by atoms with van der Waals surface area (Å²) in [4.78, 5) is 11.8. The number of aryl methyl sites for hydroxylation is 2. The molecule has 32 heteroatoms. The third-order valence-corrected chi connectivity index (χ3v) is 8.59. The van der Waals surface area contributed by atoms with Crippen LogP contribution >= 0.6 is 27.5 Å². The van der Waals surface area contributed by atoms with Crippen LogP contribution in [0.1, 0.15) is 21.7 Å². The van der Waals surface area contributed by atoms with Crippen molar-refractivity contribution in [3.63, 3.8) is 0 Å². The van der Waals surface area contributed by atoms with Gasteiger partial charge in [-0.3, -0.25) is 0 Å². The first-order valence-corrected chi connectivity index (χ1v) is 16.7. The number of benzene rings is 1. The number of hydrogen-bond acceptors (Lipinski definition) is 8. The van der Waals surface area contributed by atoms with Crippen molar-refractivity contribution in [3.05, 3.63) is 69.4 Å². The number of carbonyl (C=O) groups is 1. The SMILES string of the molecule is COC(=O)c1cc(-c2cnn(-c3c(OC(F)F)c(C(F)(C(F)(F)F)C(F)(F)F)nn3C)c2)ccc1Cl.Cn1nc(C(F)(C(F)(F)F)C(F)(F)F)c(OC(F)F)c1-n1cc(Br)cn1. The van der Waals surface area contributed by atoms with Crippen LogP contribution in [0.4, 0.5) is 79.0 Å². The van der Waals surface area contributed by atoms with E-state index >= 15 is 0 Å². The maximum absolute atomic E-state index is 14.7. The second-order valence-electron chi connectivity index (χ2n) is 11.8. The summed E-state index contributed by atoms with van der Waals surface area (Å²) in [6.07, 6.45) is -22.3. The van der Waals surface area contributed by atoms with Gasteiger partial charge >= 0.3 is 55.2 Å². The molecule has 5 rings (SSSR count). The molecule has 0 saturated heterocycles. The topological polar surface area (TPSA) is 116 Å². The summed E-state index contributed by atoms with van der Waals surface area (Å²) in [7, 11) is 2.66. The number of methoxy groups -OCH3 is 1. The monoisotopic (exact) mass is 1010 g/mol. The fourth-order valence-electron chi connectivity index (χ4n) is 5.18. The van der Waals surface area contributed by atoms with E-state index in [9.17, 15) is 83.8 Å². The number of hydrogen-bond donors (Lipinski definition) is 0. The van der Waals surface area contributed by atoms with Crippen LogP contribution < -0.4 is 9.47 Å². The Bertz CT molecular complexity index is 2370. The lowest BCUT2D eigenvalue weighted by atomic mass is 9.99. The fourth-order valence-corrected chi connectivity index (χ4v) is 5.66. The molecule has 1 aromatic carbocycles. The van der Waals surface area contributed by atoms with Gasteiger partial charge in [-0.25, -0.2) is 32.3 Å². The molecule has 0 aliphatic carbocycles. The molecule has 0 atom stereocenters. The predicted octanol–water partition coefficient (Wildman–Crippen LogP) is 9.86. The van der Waals surface area contributed by atoms with E-state index in [0.29, 0.717) is 14.0 Å². The van der Waals surface area contributed by atoms with Crippen LogP contribution in [0.3, 0.4) is 0 Å². The van der Waals surface area contributed by atoms with Crippen LogP contribution in [0.15, 0.2) is 47.5 Å². The van der Waals surface area contributed by atoms with E-state index in [2.05, 4.69) is 50.5 Å². The van der Waals surface area contributed by atoms with Crippen LogP contribution in [-0.4, -0.2) is 90.1 Å². The third kappa shape index (κ3) is 9.07. The van der Waals surface area contributed by atoms with E-state index < -0.39 is 89.8 Å². The first-order valence-electron chi connectivity index (χ1n) is 15.6. The summed E-state index contributed by atoms with van der Waals surface area (Å²) in [5.41, 5.74) is -16.9. The molecule has 0 bridgehead atoms. The molecule has 4 heterocycles. The molecule has 0 spiro atoms. The van der Waals surface area contributed by atoms with Crippen molar-refractivity contribution in [1.29, 1.82) is 0 Å². The molecule has 0 aliphatic heterocycles. The summed E-state index contributed by atoms with van der Waals surface area (Å²) in [5.74, 6) is -6.27. The molecular formula is C30H18BrClF18N8O4. The minimum atomic E-state index is -6.64. The Morgan fingerprint density at radius 1 is 0.661 bits per heavy atom. The third-order valence-electron chi connectivity index (χ3n) is 7.85. The number of halogens is 20. The van der Waals surface area contributed by atoms with E-state index in [1.807, 2.05) is 0 Å². The molecule has 62 heavy (non-hydrogen) atoms. The summed E-state index contributed by atoms with van der Waals surface area (Å²) >= 11 is 8.83. The van der Waals surface area contributed by atoms with Crippen molar-refractivity contribution in [2.24, 2.45) is 14.1 Å². The zero-order valence-corrected chi connectivity index (χ0v) is 32.3. The second-order valence-corrected chi connectivity index (χ2v) is 13.1. The van der Waals surface area contributed by atoms with E-state index in [0.717, 1.165) is 46.0 Å². The highest BCUT2D eigenvalue weighted by Gasteiger charge is 2.77. The number of nitrogens with zero attached hydrogens (tertiary/aromatic N) is 8. The van der Waals surface area contributed by atoms with Crippen LogP contribution in [0.5, 0.6) is 11.5 Å². The van der Waals surface area contributed by atoms with Gasteiger partial charge in [-0.05, 0) is 33.6 Å². The zero-order chi connectivity index (χ0) is 47.3. The maximum Gasteiger partial charge on any atom is 0.437 e. The average Bonchev–Trinajstić information content (AvgIpc) is 3.91. The molecule has 5 aromatic rings. The highest BCUT2D eigenvalue weighted by Crippen LogP contribution is 2.57. The van der Waals surface area contributed by atoms with Crippen molar-refractivity contribution >= 4 is 33.5 Å². The second kappa shape index (κ2) is 17.1. The van der Waals surface area contributed by atoms with E-state index in [-0.39, 0.29) is 30.9 Å². The average molecular weight is 1010 g/mol. The van der Waals surface area contributed by atoms with E-state index in [4.69, 9.17) is 11.6 Å². The molecule has 0 saturated carbocycles. The predicted molar refractivity (Wildman–Crippen MR) is 173 cm³/mol. The van der Waals surface area contributed by atoms with Gasteiger partial charge in [-0.1, -0.05) is 17.7 Å². The van der Waals surface area contributed by atoms with Crippen LogP contribution in [0, 0.1) is 0 Å². The largest absolute Gasteiger partial charge is 0.465 e. The Morgan fingerprint density at radius 2 is 1.06 bits per heavy atom. The van der Waals surface area contributed by atoms with Gasteiger partial charge in [0.25, 0.3) is 0 Å². The van der Waals surface area contributed by atoms with Crippen molar-refractivity contribution in [2.75, 3.05) is 7.11 Å². The Hall–Kier alpha value is -5.36. The van der Waals surface area contributed by atoms with Crippen LogP contribution in [-0.2, 0) is 30.2 Å². The fraction of sp³-hybridized carbons (Fsp3) is 0.367. The molecule has 12 nitrogen and oxygen atoms in total. The van der Waals surface area contributed by atoms with Crippen LogP contribution in [0.25, 0.3) is 22.8 Å². The van der Waals surface area contributed by atoms with Gasteiger partial charge in [0.2, 0.25) is 0 Å². The van der Waals surface area contributed by atoms with Crippen LogP contribution in [0.2, 0.25) is 5.02 Å². The summed E-state index contributed by atoms with van der Waals surface area (Å²) in [6.45, 7) is -7.81. The highest BCUT2D eigenvalue weighted by molar-refractivity contribution is 9.10. The summed E-state index contributed by atoms with van der Waals surface area (Å²) in [5, 5.41) is 13.0. The van der Waals surface area contributed by atoms with Crippen molar-refractivity contribution < 1.29 is 98.0 Å². The quantitative estimate of drug-likeness (QED) is 0.100. The Morgan fingerprint density at radius 3 is 1.42 bits per heavy atom. The molecule has 0 aliphatic rings. The lowest BCUT2D eigenvalue weighted by Crippen LogP contribution is -2.51. The van der Waals surface area contributed by atoms with Gasteiger partial charge < -0.3 is 14.2 Å². The zero-order valence-electron chi connectivity index (χ0n) is 30.0. The number of esters is 1. The van der Waals surface area contributed by atoms with Crippen molar-refractivity contribution in [1.82, 2.24) is 39.1 Å². The molecule has 0 unspecified atom stereocenters. The number of rotatable bonds is 10. The Labute approximate surface area is 344 Å². The lowest BCUT2D eigenvalue weighted by Gasteiger charge is -2.28. The van der Waals surface area contributed by atoms with Gasteiger partial charge in [-0.15, -0.1) is 0 Å². The molecule has 0 radical (unpaired) electrons. The number of aromatic nitrogens is 8. The van der Waals surface area contributed by atoms with E-state index in [1.54, 1.807) is 0 Å². The minimum Gasteiger partial charge on any atom is -0.465 e. The smallest absolute Gasteiger partial charge is 0.437 e.